The number of halogens is 1. The van der Waals surface area contributed by atoms with E-state index < -0.39 is 14.0 Å². The van der Waals surface area contributed by atoms with Gasteiger partial charge in [0.15, 0.2) is 0 Å². The van der Waals surface area contributed by atoms with Gasteiger partial charge in [0.05, 0.1) is 33.6 Å². The van der Waals surface area contributed by atoms with Crippen molar-refractivity contribution in [2.45, 2.75) is 221 Å². The van der Waals surface area contributed by atoms with Crippen molar-refractivity contribution >= 4 is 38.2 Å². The van der Waals surface area contributed by atoms with E-state index in [9.17, 15) is 0 Å². The molecule has 3 aliphatic heterocycles. The topological polar surface area (TPSA) is 55.4 Å². The van der Waals surface area contributed by atoms with Crippen molar-refractivity contribution in [2.24, 2.45) is 0 Å². The lowest BCUT2D eigenvalue weighted by molar-refractivity contribution is 0.00578. The molecule has 314 valence electrons. The maximum Gasteiger partial charge on any atom is 0.494 e. The van der Waals surface area contributed by atoms with Crippen LogP contribution >= 0.6 is 11.6 Å². The van der Waals surface area contributed by atoms with Crippen LogP contribution in [-0.4, -0.2) is 54.7 Å². The lowest BCUT2D eigenvalue weighted by Gasteiger charge is -2.32. The average molecular weight is 795 g/mol. The lowest BCUT2D eigenvalue weighted by Crippen LogP contribution is -2.41. The van der Waals surface area contributed by atoms with E-state index in [4.69, 9.17) is 39.5 Å². The number of benzene rings is 2. The Labute approximate surface area is 350 Å². The largest absolute Gasteiger partial charge is 0.494 e. The van der Waals surface area contributed by atoms with Gasteiger partial charge in [0.25, 0.3) is 0 Å². The molecule has 0 bridgehead atoms. The summed E-state index contributed by atoms with van der Waals surface area (Å²) in [5.41, 5.74) is 4.73. The Kier molecular flexibility index (Phi) is 16.2. The molecule has 56 heavy (non-hydrogen) atoms. The SMILES string of the molecule is C.C.CC1(C)OB(B2OC(C)(C)C(C)(C)O2)OC1(C)C.Cc1cc(B2OC(C)(C)C(C)(C)O2)cc(C2CCCCC2)c1.Cc1cc(Cl)cc(C2CCCCC2)c1. The zero-order valence-corrected chi connectivity index (χ0v) is 37.0. The first kappa shape index (κ1) is 49.0. The first-order valence-electron chi connectivity index (χ1n) is 20.9. The maximum atomic E-state index is 6.23. The summed E-state index contributed by atoms with van der Waals surface area (Å²) >= 11 is 6.07. The molecule has 0 aromatic heterocycles. The van der Waals surface area contributed by atoms with Crippen LogP contribution in [0.2, 0.25) is 5.02 Å². The molecule has 0 N–H and O–H groups in total. The predicted octanol–water partition coefficient (Wildman–Crippen LogP) is 12.6. The van der Waals surface area contributed by atoms with Crippen molar-refractivity contribution in [2.75, 3.05) is 0 Å². The number of hydrogen-bond donors (Lipinski definition) is 0. The monoisotopic (exact) mass is 795 g/mol. The maximum absolute atomic E-state index is 6.23. The van der Waals surface area contributed by atoms with E-state index in [1.165, 1.54) is 91.9 Å². The van der Waals surface area contributed by atoms with E-state index in [-0.39, 0.29) is 55.6 Å². The second kappa shape index (κ2) is 18.5. The highest BCUT2D eigenvalue weighted by Crippen LogP contribution is 2.43. The average Bonchev–Trinajstić information content (AvgIpc) is 3.54. The van der Waals surface area contributed by atoms with Crippen LogP contribution in [0.25, 0.3) is 0 Å². The summed E-state index contributed by atoms with van der Waals surface area (Å²) in [6, 6.07) is 13.4. The summed E-state index contributed by atoms with van der Waals surface area (Å²) in [4.78, 5) is 0. The van der Waals surface area contributed by atoms with Crippen LogP contribution in [0.15, 0.2) is 36.4 Å². The normalized spacial score (nSPS) is 24.6. The van der Waals surface area contributed by atoms with Crippen molar-refractivity contribution < 1.29 is 27.9 Å². The van der Waals surface area contributed by atoms with Crippen molar-refractivity contribution in [3.8, 4) is 0 Å². The van der Waals surface area contributed by atoms with E-state index >= 15 is 0 Å². The van der Waals surface area contributed by atoms with Gasteiger partial charge in [0.1, 0.15) is 0 Å². The molecule has 0 atom stereocenters. The molecule has 7 rings (SSSR count). The van der Waals surface area contributed by atoms with Gasteiger partial charge < -0.3 is 27.9 Å². The quantitative estimate of drug-likeness (QED) is 0.287. The van der Waals surface area contributed by atoms with Gasteiger partial charge in [0, 0.05) is 5.02 Å². The molecule has 0 radical (unpaired) electrons. The Bertz CT molecular complexity index is 1480. The Morgan fingerprint density at radius 1 is 0.446 bits per heavy atom. The summed E-state index contributed by atoms with van der Waals surface area (Å²) in [5.74, 6) is 1.48. The number of rotatable bonds is 4. The minimum atomic E-state index is -0.476. The van der Waals surface area contributed by atoms with E-state index in [1.807, 2.05) is 61.5 Å². The molecule has 3 saturated heterocycles. The lowest BCUT2D eigenvalue weighted by atomic mass is 9.49. The number of aryl methyl sites for hydroxylation is 2. The van der Waals surface area contributed by atoms with Gasteiger partial charge in [-0.3, -0.25) is 0 Å². The fourth-order valence-corrected chi connectivity index (χ4v) is 8.36. The minimum absolute atomic E-state index is 0. The molecule has 3 heterocycles. The van der Waals surface area contributed by atoms with Gasteiger partial charge in [-0.05, 0) is 169 Å². The third kappa shape index (κ3) is 11.3. The van der Waals surface area contributed by atoms with Crippen LogP contribution in [0, 0.1) is 13.8 Å². The molecule has 5 fully saturated rings. The van der Waals surface area contributed by atoms with E-state index in [0.717, 1.165) is 16.9 Å². The van der Waals surface area contributed by atoms with Crippen molar-refractivity contribution in [3.63, 3.8) is 0 Å². The molecule has 0 spiro atoms. The standard InChI is InChI=1S/C19H29BO2.C13H17Cl.C12H24B2O4.2CH4/c1-14-11-16(15-9-7-6-8-10-15)13-17(12-14)20-21-18(2,3)19(4,5)22-20;1-10-7-12(9-13(14)8-10)11-5-3-2-4-6-11;1-9(2)10(3,4)16-13(15-9)14-17-11(5,6)12(7,8)18-14;;/h11-13,15H,6-10H2,1-5H3;7-9,11H,2-6H2,1H3;1-8H3;2*1H4. The van der Waals surface area contributed by atoms with Gasteiger partial charge in [-0.1, -0.05) is 94.8 Å². The fraction of sp³-hybridized carbons (Fsp3) is 0.739. The Hall–Kier alpha value is -1.32. The zero-order valence-electron chi connectivity index (χ0n) is 36.2. The van der Waals surface area contributed by atoms with Gasteiger partial charge in [-0.2, -0.15) is 0 Å². The third-order valence-corrected chi connectivity index (χ3v) is 13.8. The molecule has 2 aliphatic carbocycles. The fourth-order valence-electron chi connectivity index (χ4n) is 8.07. The first-order valence-corrected chi connectivity index (χ1v) is 21.3. The molecule has 0 unspecified atom stereocenters. The van der Waals surface area contributed by atoms with Crippen molar-refractivity contribution in [3.05, 3.63) is 63.7 Å². The second-order valence-electron chi connectivity index (χ2n) is 19.7. The summed E-state index contributed by atoms with van der Waals surface area (Å²) in [6.07, 6.45) is 13.7. The van der Waals surface area contributed by atoms with Crippen LogP contribution < -0.4 is 5.46 Å². The van der Waals surface area contributed by atoms with Crippen LogP contribution in [0.1, 0.15) is 196 Å². The molecule has 10 heteroatoms. The van der Waals surface area contributed by atoms with Crippen LogP contribution in [0.5, 0.6) is 0 Å². The summed E-state index contributed by atoms with van der Waals surface area (Å²) in [5, 5.41) is 0.894. The third-order valence-electron chi connectivity index (χ3n) is 13.6. The molecule has 5 aliphatic rings. The van der Waals surface area contributed by atoms with Gasteiger partial charge >= 0.3 is 21.1 Å². The molecular weight excluding hydrogens is 716 g/mol. The Morgan fingerprint density at radius 3 is 1.12 bits per heavy atom. The molecule has 6 nitrogen and oxygen atoms in total. The summed E-state index contributed by atoms with van der Waals surface area (Å²) in [7, 11) is -1.20. The first-order chi connectivity index (χ1) is 24.9. The van der Waals surface area contributed by atoms with E-state index in [2.05, 4.69) is 71.9 Å². The summed E-state index contributed by atoms with van der Waals surface area (Å²) < 4.78 is 36.3. The highest BCUT2D eigenvalue weighted by Gasteiger charge is 2.63. The van der Waals surface area contributed by atoms with Crippen molar-refractivity contribution in [1.29, 1.82) is 0 Å². The van der Waals surface area contributed by atoms with Crippen LogP contribution in [0.4, 0.5) is 0 Å². The van der Waals surface area contributed by atoms with Crippen molar-refractivity contribution in [1.82, 2.24) is 0 Å². The Balaban J connectivity index is 0.000000227. The highest BCUT2D eigenvalue weighted by atomic mass is 35.5. The van der Waals surface area contributed by atoms with Gasteiger partial charge in [-0.15, -0.1) is 0 Å². The number of hydrogen-bond acceptors (Lipinski definition) is 6. The molecule has 0 amide bonds. The second-order valence-corrected chi connectivity index (χ2v) is 20.2. The molecular formula is C46H78B3ClO6. The minimum Gasteiger partial charge on any atom is -0.405 e. The van der Waals surface area contributed by atoms with E-state index in [0.29, 0.717) is 0 Å². The Morgan fingerprint density at radius 2 is 0.768 bits per heavy atom. The van der Waals surface area contributed by atoms with E-state index in [1.54, 1.807) is 0 Å². The molecule has 2 saturated carbocycles. The smallest absolute Gasteiger partial charge is 0.405 e. The van der Waals surface area contributed by atoms with Gasteiger partial charge in [0.2, 0.25) is 0 Å². The van der Waals surface area contributed by atoms with Crippen LogP contribution in [-0.2, 0) is 27.9 Å². The molecule has 2 aromatic carbocycles. The molecule has 2 aromatic rings. The van der Waals surface area contributed by atoms with Crippen LogP contribution in [0.3, 0.4) is 0 Å². The highest BCUT2D eigenvalue weighted by molar-refractivity contribution is 7.11. The zero-order chi connectivity index (χ0) is 39.9. The summed E-state index contributed by atoms with van der Waals surface area (Å²) in [6.45, 7) is 29.0. The predicted molar refractivity (Wildman–Crippen MR) is 240 cm³/mol. The van der Waals surface area contributed by atoms with Gasteiger partial charge in [-0.25, -0.2) is 0 Å².